The summed E-state index contributed by atoms with van der Waals surface area (Å²) in [5, 5.41) is 11.3. The van der Waals surface area contributed by atoms with E-state index in [4.69, 9.17) is 11.6 Å². The monoisotopic (exact) mass is 209 g/mol. The van der Waals surface area contributed by atoms with E-state index >= 15 is 0 Å². The second-order valence-electron chi connectivity index (χ2n) is 3.53. The summed E-state index contributed by atoms with van der Waals surface area (Å²) in [5.41, 5.74) is 1.99. The van der Waals surface area contributed by atoms with Crippen LogP contribution in [0.5, 0.6) is 0 Å². The molecule has 1 N–H and O–H groups in total. The Hall–Kier alpha value is -0.990. The number of hydrogen-bond acceptors (Lipinski definition) is 1. The molecule has 0 aliphatic carbocycles. The molecule has 0 amide bonds. The number of benzene rings is 1. The molecule has 0 fully saturated rings. The summed E-state index contributed by atoms with van der Waals surface area (Å²) >= 11 is 5.90. The lowest BCUT2D eigenvalue weighted by atomic mass is 10.1. The van der Waals surface area contributed by atoms with E-state index in [-0.39, 0.29) is 0 Å². The topological polar surface area (TPSA) is 25.2 Å². The zero-order chi connectivity index (χ0) is 10.3. The van der Waals surface area contributed by atoms with Crippen molar-refractivity contribution >= 4 is 22.5 Å². The first-order valence-corrected chi connectivity index (χ1v) is 4.90. The summed E-state index contributed by atoms with van der Waals surface area (Å²) in [4.78, 5) is 0. The van der Waals surface area contributed by atoms with Crippen molar-refractivity contribution in [2.45, 2.75) is 13.0 Å². The maximum Gasteiger partial charge on any atom is 0.0782 e. The Labute approximate surface area is 87.7 Å². The molecule has 0 radical (unpaired) electrons. The fourth-order valence-corrected chi connectivity index (χ4v) is 1.89. The predicted octanol–water partition coefficient (Wildman–Crippen LogP) is 2.89. The first-order chi connectivity index (χ1) is 6.59. The number of aliphatic hydroxyl groups is 1. The Balaban J connectivity index is 2.77. The van der Waals surface area contributed by atoms with Crippen LogP contribution < -0.4 is 0 Å². The number of rotatable bonds is 1. The summed E-state index contributed by atoms with van der Waals surface area (Å²) in [7, 11) is 1.95. The van der Waals surface area contributed by atoms with Crippen molar-refractivity contribution in [1.82, 2.24) is 4.57 Å². The number of halogens is 1. The average molecular weight is 210 g/mol. The third-order valence-corrected chi connectivity index (χ3v) is 2.67. The zero-order valence-electron chi connectivity index (χ0n) is 8.16. The molecule has 1 aromatic carbocycles. The molecule has 2 nitrogen and oxygen atoms in total. The van der Waals surface area contributed by atoms with Crippen LogP contribution >= 0.6 is 11.6 Å². The first kappa shape index (κ1) is 9.56. The molecule has 0 saturated heterocycles. The highest BCUT2D eigenvalue weighted by Gasteiger charge is 2.10. The third kappa shape index (κ3) is 1.41. The Morgan fingerprint density at radius 1 is 1.43 bits per heavy atom. The molecular formula is C11H12ClNO. The maximum absolute atomic E-state index is 9.56. The van der Waals surface area contributed by atoms with Gasteiger partial charge in [-0.1, -0.05) is 17.7 Å². The van der Waals surface area contributed by atoms with Crippen molar-refractivity contribution in [3.8, 4) is 0 Å². The van der Waals surface area contributed by atoms with E-state index in [0.29, 0.717) is 0 Å². The fourth-order valence-electron chi connectivity index (χ4n) is 1.72. The minimum absolute atomic E-state index is 0.445. The summed E-state index contributed by atoms with van der Waals surface area (Å²) in [6, 6.07) is 5.69. The van der Waals surface area contributed by atoms with Crippen LogP contribution in [0, 0.1) is 0 Å². The molecule has 0 aliphatic heterocycles. The second kappa shape index (κ2) is 3.30. The second-order valence-corrected chi connectivity index (χ2v) is 3.97. The Kier molecular flexibility index (Phi) is 2.25. The zero-order valence-corrected chi connectivity index (χ0v) is 8.92. The Morgan fingerprint density at radius 3 is 2.79 bits per heavy atom. The van der Waals surface area contributed by atoms with E-state index in [2.05, 4.69) is 0 Å². The van der Waals surface area contributed by atoms with Gasteiger partial charge in [0.15, 0.2) is 0 Å². The lowest BCUT2D eigenvalue weighted by Crippen LogP contribution is -1.88. The number of aromatic nitrogens is 1. The molecule has 0 aliphatic rings. The van der Waals surface area contributed by atoms with Crippen LogP contribution in [0.25, 0.3) is 10.9 Å². The van der Waals surface area contributed by atoms with Gasteiger partial charge in [0, 0.05) is 34.7 Å². The predicted molar refractivity (Wildman–Crippen MR) is 58.6 cm³/mol. The molecule has 1 heterocycles. The Morgan fingerprint density at radius 2 is 2.14 bits per heavy atom. The van der Waals surface area contributed by atoms with Crippen LogP contribution in [-0.4, -0.2) is 9.67 Å². The molecule has 0 saturated carbocycles. The highest BCUT2D eigenvalue weighted by atomic mass is 35.5. The highest BCUT2D eigenvalue weighted by Crippen LogP contribution is 2.27. The van der Waals surface area contributed by atoms with Gasteiger partial charge in [0.05, 0.1) is 6.10 Å². The van der Waals surface area contributed by atoms with Crippen LogP contribution in [0.3, 0.4) is 0 Å². The minimum atomic E-state index is -0.445. The molecular weight excluding hydrogens is 198 g/mol. The van der Waals surface area contributed by atoms with Gasteiger partial charge in [-0.05, 0) is 19.1 Å². The van der Waals surface area contributed by atoms with Gasteiger partial charge in [-0.25, -0.2) is 0 Å². The lowest BCUT2D eigenvalue weighted by molar-refractivity contribution is 0.200. The van der Waals surface area contributed by atoms with Gasteiger partial charge in [0.25, 0.3) is 0 Å². The standard InChI is InChI=1S/C11H12ClNO/c1-7(14)10-6-13(2)11-5-8(12)3-4-9(10)11/h3-7,14H,1-2H3. The molecule has 1 atom stereocenters. The minimum Gasteiger partial charge on any atom is -0.389 e. The summed E-state index contributed by atoms with van der Waals surface area (Å²) in [5.74, 6) is 0. The van der Waals surface area contributed by atoms with Gasteiger partial charge in [0.2, 0.25) is 0 Å². The van der Waals surface area contributed by atoms with Crippen molar-refractivity contribution < 1.29 is 5.11 Å². The van der Waals surface area contributed by atoms with Crippen LogP contribution in [0.4, 0.5) is 0 Å². The quantitative estimate of drug-likeness (QED) is 0.768. The van der Waals surface area contributed by atoms with Crippen molar-refractivity contribution in [1.29, 1.82) is 0 Å². The van der Waals surface area contributed by atoms with E-state index < -0.39 is 6.10 Å². The molecule has 0 bridgehead atoms. The molecule has 3 heteroatoms. The van der Waals surface area contributed by atoms with Crippen LogP contribution in [0.2, 0.25) is 5.02 Å². The lowest BCUT2D eigenvalue weighted by Gasteiger charge is -2.00. The van der Waals surface area contributed by atoms with Gasteiger partial charge >= 0.3 is 0 Å². The van der Waals surface area contributed by atoms with Gasteiger partial charge in [-0.15, -0.1) is 0 Å². The van der Waals surface area contributed by atoms with E-state index in [1.54, 1.807) is 6.92 Å². The van der Waals surface area contributed by atoms with Gasteiger partial charge in [-0.2, -0.15) is 0 Å². The third-order valence-electron chi connectivity index (χ3n) is 2.43. The van der Waals surface area contributed by atoms with E-state index in [1.165, 1.54) is 0 Å². The number of fused-ring (bicyclic) bond motifs is 1. The van der Waals surface area contributed by atoms with Gasteiger partial charge < -0.3 is 9.67 Å². The molecule has 1 unspecified atom stereocenters. The summed E-state index contributed by atoms with van der Waals surface area (Å²) in [6.07, 6.45) is 1.49. The van der Waals surface area contributed by atoms with Crippen molar-refractivity contribution in [2.75, 3.05) is 0 Å². The molecule has 2 rings (SSSR count). The van der Waals surface area contributed by atoms with Crippen molar-refractivity contribution in [3.05, 3.63) is 35.0 Å². The smallest absolute Gasteiger partial charge is 0.0782 e. The number of hydrogen-bond donors (Lipinski definition) is 1. The molecule has 2 aromatic rings. The average Bonchev–Trinajstić information content (AvgIpc) is 2.44. The maximum atomic E-state index is 9.56. The van der Waals surface area contributed by atoms with Gasteiger partial charge in [0.1, 0.15) is 0 Å². The molecule has 0 spiro atoms. The first-order valence-electron chi connectivity index (χ1n) is 4.52. The molecule has 14 heavy (non-hydrogen) atoms. The van der Waals surface area contributed by atoms with Crippen molar-refractivity contribution in [3.63, 3.8) is 0 Å². The van der Waals surface area contributed by atoms with E-state index in [1.807, 2.05) is 36.0 Å². The van der Waals surface area contributed by atoms with Crippen LogP contribution in [0.15, 0.2) is 24.4 Å². The fraction of sp³-hybridized carbons (Fsp3) is 0.273. The van der Waals surface area contributed by atoms with E-state index in [0.717, 1.165) is 21.5 Å². The number of nitrogens with zero attached hydrogens (tertiary/aromatic N) is 1. The SMILES string of the molecule is CC(O)c1cn(C)c2cc(Cl)ccc12. The number of aliphatic hydroxyl groups excluding tert-OH is 1. The van der Waals surface area contributed by atoms with Crippen LogP contribution in [0.1, 0.15) is 18.6 Å². The number of aryl methyl sites for hydroxylation is 1. The van der Waals surface area contributed by atoms with Crippen molar-refractivity contribution in [2.24, 2.45) is 7.05 Å². The van der Waals surface area contributed by atoms with E-state index in [9.17, 15) is 5.11 Å². The molecule has 74 valence electrons. The normalized spacial score (nSPS) is 13.4. The summed E-state index contributed by atoms with van der Waals surface area (Å²) < 4.78 is 1.98. The van der Waals surface area contributed by atoms with Crippen LogP contribution in [-0.2, 0) is 7.05 Å². The highest BCUT2D eigenvalue weighted by molar-refractivity contribution is 6.31. The largest absolute Gasteiger partial charge is 0.389 e. The summed E-state index contributed by atoms with van der Waals surface area (Å²) in [6.45, 7) is 1.77. The molecule has 1 aromatic heterocycles. The Bertz CT molecular complexity index is 473. The van der Waals surface area contributed by atoms with Gasteiger partial charge in [-0.3, -0.25) is 0 Å².